The topological polar surface area (TPSA) is 54.3 Å². The van der Waals surface area contributed by atoms with Crippen molar-refractivity contribution >= 4 is 16.9 Å². The highest BCUT2D eigenvalue weighted by Crippen LogP contribution is 2.25. The summed E-state index contributed by atoms with van der Waals surface area (Å²) in [5, 5.41) is 5.30. The summed E-state index contributed by atoms with van der Waals surface area (Å²) in [7, 11) is 4.18. The summed E-state index contributed by atoms with van der Waals surface area (Å²) in [6, 6.07) is 2.60. The van der Waals surface area contributed by atoms with Gasteiger partial charge in [-0.25, -0.2) is 9.67 Å². The van der Waals surface area contributed by atoms with E-state index in [1.165, 1.54) is 0 Å². The number of rotatable bonds is 4. The average Bonchev–Trinajstić information content (AvgIpc) is 3.17. The molecule has 130 valence electrons. The number of likely N-dealkylation sites (N-methyl/N-ethyl adjacent to an activating group) is 1. The largest absolute Gasteiger partial charge is 0.337 e. The maximum atomic E-state index is 12.9. The van der Waals surface area contributed by atoms with Crippen LogP contribution in [0.4, 0.5) is 0 Å². The molecule has 0 aromatic carbocycles. The number of carbonyl (C=O) groups excluding carboxylic acids is 1. The fourth-order valence-electron chi connectivity index (χ4n) is 3.62. The third-order valence-electron chi connectivity index (χ3n) is 5.05. The van der Waals surface area contributed by atoms with E-state index >= 15 is 0 Å². The smallest absolute Gasteiger partial charge is 0.255 e. The third-order valence-corrected chi connectivity index (χ3v) is 5.05. The van der Waals surface area contributed by atoms with E-state index in [0.717, 1.165) is 30.5 Å². The van der Waals surface area contributed by atoms with Crippen molar-refractivity contribution in [3.8, 4) is 0 Å². The number of nitrogens with zero attached hydrogens (tertiary/aromatic N) is 5. The van der Waals surface area contributed by atoms with Crippen LogP contribution in [0.3, 0.4) is 0 Å². The molecule has 1 saturated heterocycles. The molecule has 0 radical (unpaired) electrons. The molecular formula is C18H27N5O. The molecule has 0 spiro atoms. The van der Waals surface area contributed by atoms with Gasteiger partial charge in [0, 0.05) is 36.8 Å². The van der Waals surface area contributed by atoms with E-state index in [2.05, 4.69) is 49.8 Å². The molecule has 2 aromatic rings. The molecule has 0 unspecified atom stereocenters. The van der Waals surface area contributed by atoms with Crippen LogP contribution in [-0.2, 0) is 0 Å². The lowest BCUT2D eigenvalue weighted by Gasteiger charge is -2.23. The number of likely N-dealkylation sites (tertiary alicyclic amines) is 1. The Balaban J connectivity index is 1.84. The van der Waals surface area contributed by atoms with Crippen LogP contribution in [0.2, 0.25) is 0 Å². The summed E-state index contributed by atoms with van der Waals surface area (Å²) in [5.74, 6) is 0.605. The molecule has 1 aliphatic rings. The molecule has 1 aliphatic heterocycles. The van der Waals surface area contributed by atoms with E-state index in [4.69, 9.17) is 0 Å². The van der Waals surface area contributed by atoms with Crippen LogP contribution in [0.15, 0.2) is 18.5 Å². The molecule has 6 heteroatoms. The van der Waals surface area contributed by atoms with Crippen LogP contribution in [-0.4, -0.2) is 63.7 Å². The van der Waals surface area contributed by atoms with Crippen LogP contribution < -0.4 is 0 Å². The molecule has 0 saturated carbocycles. The molecular weight excluding hydrogens is 302 g/mol. The van der Waals surface area contributed by atoms with Crippen LogP contribution in [0.25, 0.3) is 11.0 Å². The van der Waals surface area contributed by atoms with Crippen molar-refractivity contribution < 1.29 is 4.79 Å². The highest BCUT2D eigenvalue weighted by Gasteiger charge is 2.35. The normalized spacial score (nSPS) is 21.4. The number of hydrogen-bond acceptors (Lipinski definition) is 4. The van der Waals surface area contributed by atoms with Crippen molar-refractivity contribution in [1.29, 1.82) is 0 Å². The van der Waals surface area contributed by atoms with Crippen LogP contribution >= 0.6 is 0 Å². The van der Waals surface area contributed by atoms with E-state index < -0.39 is 0 Å². The van der Waals surface area contributed by atoms with Gasteiger partial charge >= 0.3 is 0 Å². The van der Waals surface area contributed by atoms with Crippen LogP contribution in [0, 0.1) is 5.92 Å². The number of pyridine rings is 1. The molecule has 6 nitrogen and oxygen atoms in total. The first-order valence-corrected chi connectivity index (χ1v) is 8.71. The zero-order valence-electron chi connectivity index (χ0n) is 15.2. The minimum atomic E-state index is 0.0736. The first-order valence-electron chi connectivity index (χ1n) is 8.71. The molecule has 1 fully saturated rings. The summed E-state index contributed by atoms with van der Waals surface area (Å²) in [6.07, 6.45) is 4.57. The highest BCUT2D eigenvalue weighted by molar-refractivity contribution is 5.97. The fourth-order valence-corrected chi connectivity index (χ4v) is 3.62. The lowest BCUT2D eigenvalue weighted by Crippen LogP contribution is -2.36. The maximum absolute atomic E-state index is 12.9. The van der Waals surface area contributed by atoms with Crippen molar-refractivity contribution in [3.63, 3.8) is 0 Å². The van der Waals surface area contributed by atoms with Gasteiger partial charge in [0.05, 0.1) is 11.8 Å². The standard InChI is InChI=1S/C18H27N5O/c1-6-13-10-22(11-16(13)21(4)5)18(24)15-7-14-9-20-23(12(2)3)17(14)19-8-15/h7-9,12-13,16H,6,10-11H2,1-5H3/t13-,16-/m1/s1. The summed E-state index contributed by atoms with van der Waals surface area (Å²) in [6.45, 7) is 7.95. The molecule has 0 bridgehead atoms. The second-order valence-electron chi connectivity index (χ2n) is 7.23. The summed E-state index contributed by atoms with van der Waals surface area (Å²) in [5.41, 5.74) is 1.49. The summed E-state index contributed by atoms with van der Waals surface area (Å²) < 4.78 is 1.88. The van der Waals surface area contributed by atoms with Gasteiger partial charge in [0.25, 0.3) is 5.91 Å². The Bertz CT molecular complexity index is 736. The fraction of sp³-hybridized carbons (Fsp3) is 0.611. The number of fused-ring (bicyclic) bond motifs is 1. The monoisotopic (exact) mass is 329 g/mol. The minimum absolute atomic E-state index is 0.0736. The molecule has 0 N–H and O–H groups in total. The molecule has 0 aliphatic carbocycles. The predicted molar refractivity (Wildman–Crippen MR) is 95.1 cm³/mol. The Morgan fingerprint density at radius 1 is 1.33 bits per heavy atom. The first kappa shape index (κ1) is 16.9. The SMILES string of the molecule is CC[C@@H]1CN(C(=O)c2cnc3c(cnn3C(C)C)c2)C[C@H]1N(C)C. The predicted octanol–water partition coefficient (Wildman–Crippen LogP) is 2.42. The highest BCUT2D eigenvalue weighted by atomic mass is 16.2. The van der Waals surface area contributed by atoms with Crippen molar-refractivity contribution in [1.82, 2.24) is 24.6 Å². The van der Waals surface area contributed by atoms with Gasteiger partial charge in [0.15, 0.2) is 5.65 Å². The van der Waals surface area contributed by atoms with Gasteiger partial charge in [-0.05, 0) is 39.9 Å². The summed E-state index contributed by atoms with van der Waals surface area (Å²) >= 11 is 0. The third kappa shape index (κ3) is 2.90. The second-order valence-corrected chi connectivity index (χ2v) is 7.23. The quantitative estimate of drug-likeness (QED) is 0.864. The van der Waals surface area contributed by atoms with E-state index in [0.29, 0.717) is 17.5 Å². The Hall–Kier alpha value is -1.95. The number of amides is 1. The van der Waals surface area contributed by atoms with E-state index in [1.807, 2.05) is 15.6 Å². The molecule has 2 aromatic heterocycles. The van der Waals surface area contributed by atoms with Crippen molar-refractivity contribution in [3.05, 3.63) is 24.0 Å². The van der Waals surface area contributed by atoms with E-state index in [1.54, 1.807) is 12.4 Å². The Labute approximate surface area is 143 Å². The Morgan fingerprint density at radius 3 is 2.67 bits per heavy atom. The first-order chi connectivity index (χ1) is 11.4. The minimum Gasteiger partial charge on any atom is -0.337 e. The van der Waals surface area contributed by atoms with Crippen molar-refractivity contribution in [2.75, 3.05) is 27.2 Å². The van der Waals surface area contributed by atoms with Crippen LogP contribution in [0.1, 0.15) is 43.6 Å². The maximum Gasteiger partial charge on any atom is 0.255 e. The van der Waals surface area contributed by atoms with Crippen molar-refractivity contribution in [2.24, 2.45) is 5.92 Å². The molecule has 1 amide bonds. The van der Waals surface area contributed by atoms with Gasteiger partial charge in [0.2, 0.25) is 0 Å². The number of carbonyl (C=O) groups is 1. The average molecular weight is 329 g/mol. The van der Waals surface area contributed by atoms with Crippen LogP contribution in [0.5, 0.6) is 0 Å². The number of aromatic nitrogens is 3. The zero-order valence-corrected chi connectivity index (χ0v) is 15.2. The molecule has 3 heterocycles. The van der Waals surface area contributed by atoms with Gasteiger partial charge in [-0.3, -0.25) is 4.79 Å². The van der Waals surface area contributed by atoms with Gasteiger partial charge in [-0.15, -0.1) is 0 Å². The lowest BCUT2D eigenvalue weighted by atomic mass is 10.0. The van der Waals surface area contributed by atoms with Gasteiger partial charge in [-0.1, -0.05) is 13.3 Å². The lowest BCUT2D eigenvalue weighted by molar-refractivity contribution is 0.0781. The van der Waals surface area contributed by atoms with E-state index in [-0.39, 0.29) is 11.9 Å². The number of hydrogen-bond donors (Lipinski definition) is 0. The van der Waals surface area contributed by atoms with Gasteiger partial charge in [0.1, 0.15) is 0 Å². The molecule has 3 rings (SSSR count). The zero-order chi connectivity index (χ0) is 17.4. The Morgan fingerprint density at radius 2 is 2.08 bits per heavy atom. The van der Waals surface area contributed by atoms with Gasteiger partial charge in [-0.2, -0.15) is 5.10 Å². The molecule has 2 atom stereocenters. The van der Waals surface area contributed by atoms with Gasteiger partial charge < -0.3 is 9.80 Å². The van der Waals surface area contributed by atoms with E-state index in [9.17, 15) is 4.79 Å². The second kappa shape index (κ2) is 6.51. The van der Waals surface area contributed by atoms with Crippen molar-refractivity contribution in [2.45, 2.75) is 39.3 Å². The summed E-state index contributed by atoms with van der Waals surface area (Å²) in [4.78, 5) is 21.6. The molecule has 24 heavy (non-hydrogen) atoms. The Kier molecular flexibility index (Phi) is 4.58.